The lowest BCUT2D eigenvalue weighted by Gasteiger charge is -1.93. The molecule has 0 fully saturated rings. The number of hydrogen-bond acceptors (Lipinski definition) is 3. The Bertz CT molecular complexity index is 333. The maximum Gasteiger partial charge on any atom is 0.299 e. The van der Waals surface area contributed by atoms with Crippen molar-refractivity contribution in [1.29, 1.82) is 0 Å². The second-order valence-electron chi connectivity index (χ2n) is 2.68. The van der Waals surface area contributed by atoms with Crippen molar-refractivity contribution in [3.63, 3.8) is 0 Å². The maximum absolute atomic E-state index is 9.75. The van der Waals surface area contributed by atoms with Crippen molar-refractivity contribution in [2.75, 3.05) is 0 Å². The molecule has 1 aromatic rings. The Hall–Kier alpha value is -2.10. The van der Waals surface area contributed by atoms with Gasteiger partial charge in [0.05, 0.1) is 0 Å². The Kier molecular flexibility index (Phi) is 6.29. The molecule has 1 rings (SSSR count). The average molecular weight is 207 g/mol. The Morgan fingerprint density at radius 2 is 1.93 bits per heavy atom. The largest absolute Gasteiger partial charge is 0.299 e. The number of para-hydroxylation sites is 1. The van der Waals surface area contributed by atoms with Gasteiger partial charge in [-0.25, -0.2) is 0 Å². The van der Waals surface area contributed by atoms with Gasteiger partial charge in [-0.2, -0.15) is 0 Å². The second kappa shape index (κ2) is 7.32. The standard InChI is InChI=1S/C6H5NO3.C5H8/c8-7(9)10-6-4-2-1-3-5-6;1-4-5(2)3/h1-5H;4H,1-2H2,3H3. The highest BCUT2D eigenvalue weighted by Crippen LogP contribution is 2.07. The molecule has 0 heterocycles. The lowest BCUT2D eigenvalue weighted by Crippen LogP contribution is -2.02. The molecule has 80 valence electrons. The monoisotopic (exact) mass is 207 g/mol. The number of rotatable bonds is 3. The van der Waals surface area contributed by atoms with Gasteiger partial charge >= 0.3 is 0 Å². The zero-order valence-electron chi connectivity index (χ0n) is 8.55. The van der Waals surface area contributed by atoms with E-state index < -0.39 is 5.09 Å². The molecule has 0 saturated heterocycles. The molecule has 0 amide bonds. The Labute approximate surface area is 88.6 Å². The molecular weight excluding hydrogens is 194 g/mol. The zero-order valence-corrected chi connectivity index (χ0v) is 8.55. The molecule has 1 aromatic carbocycles. The third kappa shape index (κ3) is 8.24. The summed E-state index contributed by atoms with van der Waals surface area (Å²) in [4.78, 5) is 13.9. The SMILES string of the molecule is C=CC(=C)C.O=[N+]([O-])Oc1ccccc1. The topological polar surface area (TPSA) is 52.4 Å². The van der Waals surface area contributed by atoms with Crippen LogP contribution in [0.15, 0.2) is 55.1 Å². The van der Waals surface area contributed by atoms with E-state index in [1.54, 1.807) is 24.3 Å². The molecule has 0 bridgehead atoms. The van der Waals surface area contributed by atoms with Crippen molar-refractivity contribution in [3.8, 4) is 5.75 Å². The summed E-state index contributed by atoms with van der Waals surface area (Å²) in [5, 5.41) is 8.91. The van der Waals surface area contributed by atoms with E-state index >= 15 is 0 Å². The van der Waals surface area contributed by atoms with Crippen LogP contribution in [0.5, 0.6) is 5.75 Å². The van der Waals surface area contributed by atoms with Crippen LogP contribution < -0.4 is 4.84 Å². The second-order valence-corrected chi connectivity index (χ2v) is 2.68. The summed E-state index contributed by atoms with van der Waals surface area (Å²) < 4.78 is 0. The molecule has 4 heteroatoms. The third-order valence-electron chi connectivity index (χ3n) is 1.27. The van der Waals surface area contributed by atoms with Gasteiger partial charge in [0.2, 0.25) is 0 Å². The molecule has 0 aliphatic heterocycles. The van der Waals surface area contributed by atoms with E-state index in [2.05, 4.69) is 18.0 Å². The molecule has 4 nitrogen and oxygen atoms in total. The van der Waals surface area contributed by atoms with Gasteiger partial charge in [0, 0.05) is 0 Å². The highest BCUT2D eigenvalue weighted by atomic mass is 17.0. The molecule has 0 saturated carbocycles. The maximum atomic E-state index is 9.75. The predicted molar refractivity (Wildman–Crippen MR) is 59.1 cm³/mol. The van der Waals surface area contributed by atoms with E-state index in [4.69, 9.17) is 0 Å². The van der Waals surface area contributed by atoms with E-state index in [0.29, 0.717) is 0 Å². The first kappa shape index (κ1) is 12.9. The fraction of sp³-hybridized carbons (Fsp3) is 0.0909. The van der Waals surface area contributed by atoms with Crippen LogP contribution in [-0.2, 0) is 0 Å². The van der Waals surface area contributed by atoms with Gasteiger partial charge in [0.15, 0.2) is 0 Å². The van der Waals surface area contributed by atoms with Gasteiger partial charge in [-0.3, -0.25) is 4.84 Å². The smallest absolute Gasteiger partial charge is 0.276 e. The molecule has 0 N–H and O–H groups in total. The van der Waals surface area contributed by atoms with Gasteiger partial charge in [-0.15, -0.1) is 10.1 Å². The summed E-state index contributed by atoms with van der Waals surface area (Å²) in [6.45, 7) is 8.93. The van der Waals surface area contributed by atoms with Crippen molar-refractivity contribution in [2.24, 2.45) is 0 Å². The summed E-state index contributed by atoms with van der Waals surface area (Å²) in [5.74, 6) is 0.243. The first-order valence-corrected chi connectivity index (χ1v) is 4.21. The summed E-state index contributed by atoms with van der Waals surface area (Å²) in [5.41, 5.74) is 1.02. The first-order chi connectivity index (χ1) is 7.06. The van der Waals surface area contributed by atoms with E-state index in [9.17, 15) is 10.1 Å². The van der Waals surface area contributed by atoms with Gasteiger partial charge in [0.25, 0.3) is 5.09 Å². The van der Waals surface area contributed by atoms with E-state index in [1.807, 2.05) is 6.92 Å². The van der Waals surface area contributed by atoms with E-state index in [-0.39, 0.29) is 5.75 Å². The summed E-state index contributed by atoms with van der Waals surface area (Å²) in [6, 6.07) is 8.12. The van der Waals surface area contributed by atoms with E-state index in [1.165, 1.54) is 12.1 Å². The van der Waals surface area contributed by atoms with Crippen LogP contribution >= 0.6 is 0 Å². The predicted octanol–water partition coefficient (Wildman–Crippen LogP) is 3.01. The quantitative estimate of drug-likeness (QED) is 0.435. The van der Waals surface area contributed by atoms with Gasteiger partial charge in [-0.05, 0) is 19.1 Å². The lowest BCUT2D eigenvalue weighted by molar-refractivity contribution is -0.711. The summed E-state index contributed by atoms with van der Waals surface area (Å²) in [6.07, 6.45) is 1.72. The molecule has 0 spiro atoms. The highest BCUT2D eigenvalue weighted by molar-refractivity contribution is 5.19. The Morgan fingerprint density at radius 1 is 1.47 bits per heavy atom. The molecule has 0 aromatic heterocycles. The van der Waals surface area contributed by atoms with E-state index in [0.717, 1.165) is 5.57 Å². The van der Waals surface area contributed by atoms with Crippen LogP contribution in [0, 0.1) is 10.1 Å². The van der Waals surface area contributed by atoms with Crippen molar-refractivity contribution < 1.29 is 9.92 Å². The fourth-order valence-corrected chi connectivity index (χ4v) is 0.567. The Balaban J connectivity index is 0.000000336. The number of allylic oxidation sites excluding steroid dienone is 2. The van der Waals surface area contributed by atoms with Gasteiger partial charge < -0.3 is 0 Å². The minimum absolute atomic E-state index is 0.243. The molecular formula is C11H13NO3. The number of benzene rings is 1. The van der Waals surface area contributed by atoms with Crippen molar-refractivity contribution in [2.45, 2.75) is 6.92 Å². The zero-order chi connectivity index (χ0) is 11.7. The minimum atomic E-state index is -0.838. The van der Waals surface area contributed by atoms with Gasteiger partial charge in [0.1, 0.15) is 5.75 Å². The van der Waals surface area contributed by atoms with Crippen molar-refractivity contribution in [3.05, 3.63) is 65.3 Å². The van der Waals surface area contributed by atoms with Crippen LogP contribution in [0.2, 0.25) is 0 Å². The summed E-state index contributed by atoms with van der Waals surface area (Å²) in [7, 11) is 0. The number of nitrogens with zero attached hydrogens (tertiary/aromatic N) is 1. The molecule has 0 radical (unpaired) electrons. The highest BCUT2D eigenvalue weighted by Gasteiger charge is 1.94. The van der Waals surface area contributed by atoms with Crippen LogP contribution in [-0.4, -0.2) is 5.09 Å². The fourth-order valence-electron chi connectivity index (χ4n) is 0.567. The van der Waals surface area contributed by atoms with Crippen molar-refractivity contribution in [1.82, 2.24) is 0 Å². The summed E-state index contributed by atoms with van der Waals surface area (Å²) >= 11 is 0. The van der Waals surface area contributed by atoms with Crippen LogP contribution in [0.25, 0.3) is 0 Å². The average Bonchev–Trinajstić information content (AvgIpc) is 2.19. The lowest BCUT2D eigenvalue weighted by atomic mass is 10.3. The molecule has 15 heavy (non-hydrogen) atoms. The van der Waals surface area contributed by atoms with Crippen LogP contribution in [0.1, 0.15) is 6.92 Å². The molecule has 0 aliphatic rings. The Morgan fingerprint density at radius 3 is 2.27 bits per heavy atom. The van der Waals surface area contributed by atoms with Crippen LogP contribution in [0.4, 0.5) is 0 Å². The van der Waals surface area contributed by atoms with Crippen LogP contribution in [0.3, 0.4) is 0 Å². The van der Waals surface area contributed by atoms with Gasteiger partial charge in [-0.1, -0.05) is 43.0 Å². The minimum Gasteiger partial charge on any atom is -0.276 e. The van der Waals surface area contributed by atoms with Crippen molar-refractivity contribution >= 4 is 0 Å². The molecule has 0 unspecified atom stereocenters. The molecule has 0 atom stereocenters. The first-order valence-electron chi connectivity index (χ1n) is 4.21. The molecule has 0 aliphatic carbocycles. The third-order valence-corrected chi connectivity index (χ3v) is 1.27. The normalized spacial score (nSPS) is 8.07. The number of hydrogen-bond donors (Lipinski definition) is 0.